The molecular weight excluding hydrogens is 267 g/mol. The molecule has 1 fully saturated rings. The van der Waals surface area contributed by atoms with E-state index in [4.69, 9.17) is 5.73 Å². The van der Waals surface area contributed by atoms with Crippen LogP contribution in [0.1, 0.15) is 31.2 Å². The number of hydrogen-bond donors (Lipinski definition) is 2. The summed E-state index contributed by atoms with van der Waals surface area (Å²) >= 11 is 0. The van der Waals surface area contributed by atoms with E-state index >= 15 is 0 Å². The highest BCUT2D eigenvalue weighted by Crippen LogP contribution is 2.24. The first-order chi connectivity index (χ1) is 9.03. The number of sulfonamides is 1. The van der Waals surface area contributed by atoms with Gasteiger partial charge in [-0.25, -0.2) is 17.5 Å². The van der Waals surface area contributed by atoms with Crippen molar-refractivity contribution < 1.29 is 12.8 Å². The van der Waals surface area contributed by atoms with Crippen LogP contribution in [0.3, 0.4) is 0 Å². The number of halogens is 1. The van der Waals surface area contributed by atoms with E-state index in [9.17, 15) is 12.8 Å². The second-order valence-electron chi connectivity index (χ2n) is 4.96. The van der Waals surface area contributed by atoms with Crippen LogP contribution in [-0.2, 0) is 16.6 Å². The molecule has 19 heavy (non-hydrogen) atoms. The molecule has 106 valence electrons. The first-order valence-electron chi connectivity index (χ1n) is 6.51. The van der Waals surface area contributed by atoms with Gasteiger partial charge in [0, 0.05) is 18.7 Å². The van der Waals surface area contributed by atoms with Crippen molar-refractivity contribution in [3.05, 3.63) is 29.6 Å². The van der Waals surface area contributed by atoms with E-state index in [1.54, 1.807) is 0 Å². The predicted octanol–water partition coefficient (Wildman–Crippen LogP) is 1.75. The van der Waals surface area contributed by atoms with Gasteiger partial charge in [-0.1, -0.05) is 12.8 Å². The molecule has 1 saturated carbocycles. The molecule has 4 nitrogen and oxygen atoms in total. The monoisotopic (exact) mass is 286 g/mol. The third kappa shape index (κ3) is 3.52. The smallest absolute Gasteiger partial charge is 0.240 e. The molecule has 0 bridgehead atoms. The summed E-state index contributed by atoms with van der Waals surface area (Å²) in [5, 5.41) is 0. The minimum Gasteiger partial charge on any atom is -0.326 e. The summed E-state index contributed by atoms with van der Waals surface area (Å²) in [6, 6.07) is 3.71. The van der Waals surface area contributed by atoms with Crippen molar-refractivity contribution in [2.45, 2.75) is 37.1 Å². The molecule has 0 spiro atoms. The SMILES string of the molecule is NCc1cc(S(=O)(=O)NCC2CCCC2)ccc1F. The summed E-state index contributed by atoms with van der Waals surface area (Å²) in [4.78, 5) is 0.0762. The number of rotatable bonds is 5. The van der Waals surface area contributed by atoms with Gasteiger partial charge in [-0.05, 0) is 37.0 Å². The fraction of sp³-hybridized carbons (Fsp3) is 0.538. The lowest BCUT2D eigenvalue weighted by Crippen LogP contribution is -2.28. The van der Waals surface area contributed by atoms with E-state index in [2.05, 4.69) is 4.72 Å². The fourth-order valence-electron chi connectivity index (χ4n) is 2.40. The van der Waals surface area contributed by atoms with Gasteiger partial charge in [0.2, 0.25) is 10.0 Å². The van der Waals surface area contributed by atoms with Crippen molar-refractivity contribution >= 4 is 10.0 Å². The number of benzene rings is 1. The molecule has 3 N–H and O–H groups in total. The molecule has 0 aromatic heterocycles. The maximum atomic E-state index is 13.3. The Balaban J connectivity index is 2.10. The van der Waals surface area contributed by atoms with Crippen molar-refractivity contribution in [1.82, 2.24) is 4.72 Å². The van der Waals surface area contributed by atoms with E-state index < -0.39 is 15.8 Å². The van der Waals surface area contributed by atoms with Gasteiger partial charge in [0.25, 0.3) is 0 Å². The standard InChI is InChI=1S/C13H19FN2O2S/c14-13-6-5-12(7-11(13)8-15)19(17,18)16-9-10-3-1-2-4-10/h5-7,10,16H,1-4,8-9,15H2. The molecule has 0 heterocycles. The lowest BCUT2D eigenvalue weighted by Gasteiger charge is -2.12. The van der Waals surface area contributed by atoms with Crippen molar-refractivity contribution in [2.75, 3.05) is 6.54 Å². The Bertz CT molecular complexity index is 540. The average Bonchev–Trinajstić information content (AvgIpc) is 2.90. The predicted molar refractivity (Wildman–Crippen MR) is 71.4 cm³/mol. The summed E-state index contributed by atoms with van der Waals surface area (Å²) in [5.74, 6) is -0.0542. The summed E-state index contributed by atoms with van der Waals surface area (Å²) in [5.41, 5.74) is 5.59. The Morgan fingerprint density at radius 2 is 2.00 bits per heavy atom. The summed E-state index contributed by atoms with van der Waals surface area (Å²) in [6.45, 7) is 0.440. The molecule has 0 radical (unpaired) electrons. The van der Waals surface area contributed by atoms with Crippen LogP contribution in [0.25, 0.3) is 0 Å². The van der Waals surface area contributed by atoms with E-state index in [-0.39, 0.29) is 17.0 Å². The van der Waals surface area contributed by atoms with Gasteiger partial charge in [-0.15, -0.1) is 0 Å². The lowest BCUT2D eigenvalue weighted by atomic mass is 10.1. The van der Waals surface area contributed by atoms with Gasteiger partial charge in [0.15, 0.2) is 0 Å². The Morgan fingerprint density at radius 3 is 2.63 bits per heavy atom. The van der Waals surface area contributed by atoms with Gasteiger partial charge >= 0.3 is 0 Å². The normalized spacial score (nSPS) is 16.9. The van der Waals surface area contributed by atoms with Gasteiger partial charge in [0.05, 0.1) is 4.90 Å². The first kappa shape index (κ1) is 14.4. The van der Waals surface area contributed by atoms with E-state index in [1.807, 2.05) is 0 Å². The van der Waals surface area contributed by atoms with Gasteiger partial charge < -0.3 is 5.73 Å². The average molecular weight is 286 g/mol. The largest absolute Gasteiger partial charge is 0.326 e. The molecule has 6 heteroatoms. The van der Waals surface area contributed by atoms with Crippen LogP contribution in [0, 0.1) is 11.7 Å². The molecule has 0 unspecified atom stereocenters. The summed E-state index contributed by atoms with van der Waals surface area (Å²) in [6.07, 6.45) is 4.47. The Morgan fingerprint density at radius 1 is 1.32 bits per heavy atom. The number of nitrogens with two attached hydrogens (primary N) is 1. The van der Waals surface area contributed by atoms with E-state index in [0.717, 1.165) is 18.9 Å². The van der Waals surface area contributed by atoms with Crippen LogP contribution < -0.4 is 10.5 Å². The Hall–Kier alpha value is -0.980. The fourth-order valence-corrected chi connectivity index (χ4v) is 3.57. The second kappa shape index (κ2) is 5.98. The minimum atomic E-state index is -3.57. The van der Waals surface area contributed by atoms with Gasteiger partial charge in [-0.2, -0.15) is 0 Å². The van der Waals surface area contributed by atoms with E-state index in [0.29, 0.717) is 12.5 Å². The van der Waals surface area contributed by atoms with Crippen molar-refractivity contribution in [2.24, 2.45) is 11.7 Å². The van der Waals surface area contributed by atoms with Crippen molar-refractivity contribution in [3.63, 3.8) is 0 Å². The summed E-state index contributed by atoms with van der Waals surface area (Å²) < 4.78 is 40.1. The minimum absolute atomic E-state index is 0.0161. The lowest BCUT2D eigenvalue weighted by molar-refractivity contribution is 0.519. The molecular formula is C13H19FN2O2S. The number of nitrogens with one attached hydrogen (secondary N) is 1. The van der Waals surface area contributed by atoms with Crippen molar-refractivity contribution in [3.8, 4) is 0 Å². The third-order valence-corrected chi connectivity index (χ3v) is 5.01. The maximum Gasteiger partial charge on any atom is 0.240 e. The molecule has 2 rings (SSSR count). The first-order valence-corrected chi connectivity index (χ1v) is 7.99. The Kier molecular flexibility index (Phi) is 4.54. The summed E-state index contributed by atoms with van der Waals surface area (Å²) in [7, 11) is -3.57. The molecule has 0 saturated heterocycles. The van der Waals surface area contributed by atoms with Crippen LogP contribution >= 0.6 is 0 Å². The third-order valence-electron chi connectivity index (χ3n) is 3.58. The molecule has 1 aromatic carbocycles. The van der Waals surface area contributed by atoms with Crippen LogP contribution in [-0.4, -0.2) is 15.0 Å². The van der Waals surface area contributed by atoms with Crippen LogP contribution in [0.15, 0.2) is 23.1 Å². The second-order valence-corrected chi connectivity index (χ2v) is 6.73. The van der Waals surface area contributed by atoms with Gasteiger partial charge in [0.1, 0.15) is 5.82 Å². The molecule has 0 amide bonds. The highest BCUT2D eigenvalue weighted by Gasteiger charge is 2.20. The topological polar surface area (TPSA) is 72.2 Å². The maximum absolute atomic E-state index is 13.3. The zero-order valence-corrected chi connectivity index (χ0v) is 11.5. The van der Waals surface area contributed by atoms with Crippen LogP contribution in [0.2, 0.25) is 0 Å². The molecule has 1 aliphatic carbocycles. The molecule has 0 atom stereocenters. The zero-order valence-electron chi connectivity index (χ0n) is 10.7. The van der Waals surface area contributed by atoms with E-state index in [1.165, 1.54) is 25.0 Å². The quantitative estimate of drug-likeness (QED) is 0.866. The highest BCUT2D eigenvalue weighted by atomic mass is 32.2. The van der Waals surface area contributed by atoms with Crippen LogP contribution in [0.4, 0.5) is 4.39 Å². The Labute approximate surface area is 113 Å². The van der Waals surface area contributed by atoms with Crippen LogP contribution in [0.5, 0.6) is 0 Å². The molecule has 1 aliphatic rings. The molecule has 0 aliphatic heterocycles. The highest BCUT2D eigenvalue weighted by molar-refractivity contribution is 7.89. The zero-order chi connectivity index (χ0) is 13.9. The number of hydrogen-bond acceptors (Lipinski definition) is 3. The van der Waals surface area contributed by atoms with Gasteiger partial charge in [-0.3, -0.25) is 0 Å². The molecule has 1 aromatic rings. The van der Waals surface area contributed by atoms with Crippen molar-refractivity contribution in [1.29, 1.82) is 0 Å².